The molecule has 0 aromatic heterocycles. The van der Waals surface area contributed by atoms with Crippen molar-refractivity contribution in [3.8, 4) is 0 Å². The highest BCUT2D eigenvalue weighted by Crippen LogP contribution is 2.28. The van der Waals surface area contributed by atoms with Crippen LogP contribution in [0.25, 0.3) is 0 Å². The normalized spacial score (nSPS) is 17.8. The van der Waals surface area contributed by atoms with Crippen molar-refractivity contribution in [2.45, 2.75) is 38.3 Å². The van der Waals surface area contributed by atoms with Gasteiger partial charge in [-0.1, -0.05) is 37.1 Å². The van der Waals surface area contributed by atoms with Crippen molar-refractivity contribution < 1.29 is 4.74 Å². The van der Waals surface area contributed by atoms with Crippen LogP contribution in [-0.4, -0.2) is 32.1 Å². The Morgan fingerprint density at radius 3 is 2.45 bits per heavy atom. The van der Waals surface area contributed by atoms with E-state index in [0.29, 0.717) is 19.2 Å². The minimum atomic E-state index is 0.326. The second kappa shape index (κ2) is 7.77. The minimum absolute atomic E-state index is 0.326. The van der Waals surface area contributed by atoms with E-state index in [-0.39, 0.29) is 0 Å². The van der Waals surface area contributed by atoms with E-state index < -0.39 is 0 Å². The average molecular weight is 276 g/mol. The smallest absolute Gasteiger partial charge is 0.0713 e. The summed E-state index contributed by atoms with van der Waals surface area (Å²) in [5, 5.41) is 0. The maximum atomic E-state index is 6.01. The summed E-state index contributed by atoms with van der Waals surface area (Å²) in [4.78, 5) is 2.43. The number of hydrogen-bond acceptors (Lipinski definition) is 3. The molecule has 1 fully saturated rings. The molecular weight excluding hydrogens is 248 g/mol. The molecule has 20 heavy (non-hydrogen) atoms. The molecule has 0 saturated heterocycles. The lowest BCUT2D eigenvalue weighted by Crippen LogP contribution is -2.33. The number of benzene rings is 1. The molecule has 1 aliphatic carbocycles. The van der Waals surface area contributed by atoms with Crippen LogP contribution in [-0.2, 0) is 11.3 Å². The van der Waals surface area contributed by atoms with Crippen molar-refractivity contribution in [2.75, 3.05) is 27.2 Å². The van der Waals surface area contributed by atoms with Gasteiger partial charge in [0.2, 0.25) is 0 Å². The summed E-state index contributed by atoms with van der Waals surface area (Å²) in [6.07, 6.45) is 5.57. The van der Waals surface area contributed by atoms with Gasteiger partial charge in [0.15, 0.2) is 0 Å². The van der Waals surface area contributed by atoms with Crippen molar-refractivity contribution in [3.63, 3.8) is 0 Å². The maximum absolute atomic E-state index is 6.01. The second-order valence-corrected chi connectivity index (χ2v) is 6.02. The molecule has 1 aromatic carbocycles. The van der Waals surface area contributed by atoms with Gasteiger partial charge >= 0.3 is 0 Å². The standard InChI is InChI=1S/C17H28N2O/c1-19(12-14-5-3-4-6-14)17(11-18)16-9-7-15(8-10-16)13-20-2/h7-10,14,17H,3-6,11-13,18H2,1-2H3. The van der Waals surface area contributed by atoms with Crippen LogP contribution in [0, 0.1) is 5.92 Å². The Kier molecular flexibility index (Phi) is 6.02. The van der Waals surface area contributed by atoms with Gasteiger partial charge in [0.25, 0.3) is 0 Å². The molecule has 1 aromatic rings. The first-order chi connectivity index (χ1) is 9.74. The zero-order valence-corrected chi connectivity index (χ0v) is 12.8. The molecule has 1 aliphatic rings. The number of ether oxygens (including phenoxy) is 1. The molecule has 0 heterocycles. The Morgan fingerprint density at radius 2 is 1.90 bits per heavy atom. The van der Waals surface area contributed by atoms with E-state index in [0.717, 1.165) is 5.92 Å². The van der Waals surface area contributed by atoms with Gasteiger partial charge in [0.05, 0.1) is 6.61 Å². The van der Waals surface area contributed by atoms with Crippen LogP contribution in [0.15, 0.2) is 24.3 Å². The van der Waals surface area contributed by atoms with Crippen LogP contribution in [0.1, 0.15) is 42.9 Å². The summed E-state index contributed by atoms with van der Waals surface area (Å²) in [6, 6.07) is 9.00. The first-order valence-electron chi connectivity index (χ1n) is 7.72. The molecule has 1 unspecified atom stereocenters. The van der Waals surface area contributed by atoms with Gasteiger partial charge in [-0.15, -0.1) is 0 Å². The molecule has 1 saturated carbocycles. The van der Waals surface area contributed by atoms with Crippen LogP contribution >= 0.6 is 0 Å². The average Bonchev–Trinajstić information content (AvgIpc) is 2.95. The van der Waals surface area contributed by atoms with Crippen molar-refractivity contribution in [1.29, 1.82) is 0 Å². The monoisotopic (exact) mass is 276 g/mol. The van der Waals surface area contributed by atoms with E-state index in [4.69, 9.17) is 10.5 Å². The van der Waals surface area contributed by atoms with E-state index >= 15 is 0 Å². The molecule has 3 nitrogen and oxygen atoms in total. The van der Waals surface area contributed by atoms with Gasteiger partial charge in [-0.3, -0.25) is 4.90 Å². The highest BCUT2D eigenvalue weighted by atomic mass is 16.5. The van der Waals surface area contributed by atoms with E-state index in [1.165, 1.54) is 43.4 Å². The molecule has 0 spiro atoms. The fraction of sp³-hybridized carbons (Fsp3) is 0.647. The lowest BCUT2D eigenvalue weighted by Gasteiger charge is -2.29. The summed E-state index contributed by atoms with van der Waals surface area (Å²) in [5.74, 6) is 0.863. The Labute approximate surface area is 123 Å². The van der Waals surface area contributed by atoms with Gasteiger partial charge < -0.3 is 10.5 Å². The third-order valence-electron chi connectivity index (χ3n) is 4.45. The van der Waals surface area contributed by atoms with Gasteiger partial charge in [-0.05, 0) is 36.9 Å². The number of rotatable bonds is 7. The molecule has 0 bridgehead atoms. The van der Waals surface area contributed by atoms with Crippen LogP contribution in [0.5, 0.6) is 0 Å². The van der Waals surface area contributed by atoms with E-state index in [1.54, 1.807) is 7.11 Å². The fourth-order valence-electron chi connectivity index (χ4n) is 3.30. The lowest BCUT2D eigenvalue weighted by atomic mass is 10.0. The highest BCUT2D eigenvalue weighted by Gasteiger charge is 2.21. The summed E-state index contributed by atoms with van der Waals surface area (Å²) in [5.41, 5.74) is 8.54. The first kappa shape index (κ1) is 15.5. The Morgan fingerprint density at radius 1 is 1.25 bits per heavy atom. The predicted molar refractivity (Wildman–Crippen MR) is 83.5 cm³/mol. The molecule has 2 N–H and O–H groups in total. The molecule has 112 valence electrons. The summed E-state index contributed by atoms with van der Waals surface area (Å²) in [7, 11) is 3.94. The van der Waals surface area contributed by atoms with Crippen LogP contribution in [0.3, 0.4) is 0 Å². The number of likely N-dealkylation sites (N-methyl/N-ethyl adjacent to an activating group) is 1. The quantitative estimate of drug-likeness (QED) is 0.832. The molecule has 2 rings (SSSR count). The number of methoxy groups -OCH3 is 1. The largest absolute Gasteiger partial charge is 0.380 e. The van der Waals surface area contributed by atoms with E-state index in [1.807, 2.05) is 0 Å². The third-order valence-corrected chi connectivity index (χ3v) is 4.45. The first-order valence-corrected chi connectivity index (χ1v) is 7.72. The Balaban J connectivity index is 1.98. The summed E-state index contributed by atoms with van der Waals surface area (Å²) < 4.78 is 5.16. The van der Waals surface area contributed by atoms with Gasteiger partial charge in [0, 0.05) is 26.2 Å². The third kappa shape index (κ3) is 4.05. The van der Waals surface area contributed by atoms with Crippen LogP contribution < -0.4 is 5.73 Å². The van der Waals surface area contributed by atoms with Crippen molar-refractivity contribution in [2.24, 2.45) is 11.7 Å². The Bertz CT molecular complexity index is 384. The molecule has 3 heteroatoms. The second-order valence-electron chi connectivity index (χ2n) is 6.02. The van der Waals surface area contributed by atoms with E-state index in [2.05, 4.69) is 36.2 Å². The molecule has 0 aliphatic heterocycles. The van der Waals surface area contributed by atoms with Crippen LogP contribution in [0.2, 0.25) is 0 Å². The number of nitrogens with two attached hydrogens (primary N) is 1. The van der Waals surface area contributed by atoms with Crippen molar-refractivity contribution in [1.82, 2.24) is 4.90 Å². The molecule has 1 atom stereocenters. The van der Waals surface area contributed by atoms with Crippen molar-refractivity contribution >= 4 is 0 Å². The zero-order valence-electron chi connectivity index (χ0n) is 12.8. The topological polar surface area (TPSA) is 38.5 Å². The fourth-order valence-corrected chi connectivity index (χ4v) is 3.30. The van der Waals surface area contributed by atoms with Crippen LogP contribution in [0.4, 0.5) is 0 Å². The van der Waals surface area contributed by atoms with Crippen molar-refractivity contribution in [3.05, 3.63) is 35.4 Å². The Hall–Kier alpha value is -0.900. The molecular formula is C17H28N2O. The molecule has 0 radical (unpaired) electrons. The molecule has 0 amide bonds. The maximum Gasteiger partial charge on any atom is 0.0713 e. The summed E-state index contributed by atoms with van der Waals surface area (Å²) >= 11 is 0. The highest BCUT2D eigenvalue weighted by molar-refractivity contribution is 5.25. The van der Waals surface area contributed by atoms with Gasteiger partial charge in [0.1, 0.15) is 0 Å². The number of hydrogen-bond donors (Lipinski definition) is 1. The van der Waals surface area contributed by atoms with Gasteiger partial charge in [-0.2, -0.15) is 0 Å². The minimum Gasteiger partial charge on any atom is -0.380 e. The van der Waals surface area contributed by atoms with E-state index in [9.17, 15) is 0 Å². The SMILES string of the molecule is COCc1ccc(C(CN)N(C)CC2CCCC2)cc1. The summed E-state index contributed by atoms with van der Waals surface area (Å²) in [6.45, 7) is 2.51. The van der Waals surface area contributed by atoms with Gasteiger partial charge in [-0.25, -0.2) is 0 Å². The predicted octanol–water partition coefficient (Wildman–Crippen LogP) is 2.95. The number of nitrogens with zero attached hydrogens (tertiary/aromatic N) is 1. The lowest BCUT2D eigenvalue weighted by molar-refractivity contribution is 0.184. The zero-order chi connectivity index (χ0) is 14.4.